The van der Waals surface area contributed by atoms with Gasteiger partial charge in [-0.15, -0.1) is 11.8 Å². The van der Waals surface area contributed by atoms with E-state index in [4.69, 9.17) is 5.11 Å². The van der Waals surface area contributed by atoms with E-state index in [1.807, 2.05) is 6.92 Å². The molecule has 1 N–H and O–H groups in total. The van der Waals surface area contributed by atoms with E-state index in [-0.39, 0.29) is 35.1 Å². The van der Waals surface area contributed by atoms with Crippen molar-refractivity contribution in [3.05, 3.63) is 0 Å². The van der Waals surface area contributed by atoms with E-state index in [0.29, 0.717) is 25.3 Å². The van der Waals surface area contributed by atoms with Crippen LogP contribution in [0.15, 0.2) is 0 Å². The quantitative estimate of drug-likeness (QED) is 0.814. The SMILES string of the molecule is CC12CCC(=O)N1C(C(=O)N1CC(CC(=O)O)C1)CS2. The first kappa shape index (κ1) is 13.7. The lowest BCUT2D eigenvalue weighted by molar-refractivity contribution is -0.150. The fraction of sp³-hybridized carbons (Fsp3) is 0.769. The molecule has 0 aliphatic carbocycles. The van der Waals surface area contributed by atoms with Gasteiger partial charge in [-0.05, 0) is 13.3 Å². The molecule has 2 atom stereocenters. The van der Waals surface area contributed by atoms with Gasteiger partial charge in [-0.3, -0.25) is 14.4 Å². The van der Waals surface area contributed by atoms with E-state index in [9.17, 15) is 14.4 Å². The van der Waals surface area contributed by atoms with Crippen molar-refractivity contribution in [3.8, 4) is 0 Å². The summed E-state index contributed by atoms with van der Waals surface area (Å²) in [5, 5.41) is 8.72. The Hall–Kier alpha value is -1.24. The minimum Gasteiger partial charge on any atom is -0.481 e. The van der Waals surface area contributed by atoms with Gasteiger partial charge >= 0.3 is 5.97 Å². The van der Waals surface area contributed by atoms with E-state index in [1.54, 1.807) is 21.6 Å². The van der Waals surface area contributed by atoms with Crippen LogP contribution in [0, 0.1) is 5.92 Å². The standard InChI is InChI=1S/C13H18N2O4S/c1-13-3-2-10(16)15(13)9(7-20-13)12(19)14-5-8(6-14)4-11(17)18/h8-9H,2-7H2,1H3,(H,17,18). The number of amides is 2. The van der Waals surface area contributed by atoms with Gasteiger partial charge in [-0.2, -0.15) is 0 Å². The number of hydrogen-bond donors (Lipinski definition) is 1. The van der Waals surface area contributed by atoms with Crippen molar-refractivity contribution in [1.29, 1.82) is 0 Å². The largest absolute Gasteiger partial charge is 0.481 e. The highest BCUT2D eigenvalue weighted by Crippen LogP contribution is 2.47. The number of nitrogens with zero attached hydrogens (tertiary/aromatic N) is 2. The van der Waals surface area contributed by atoms with Gasteiger partial charge < -0.3 is 14.9 Å². The van der Waals surface area contributed by atoms with E-state index in [0.717, 1.165) is 6.42 Å². The number of thioether (sulfide) groups is 1. The van der Waals surface area contributed by atoms with Gasteiger partial charge in [-0.25, -0.2) is 0 Å². The van der Waals surface area contributed by atoms with Crippen molar-refractivity contribution in [2.24, 2.45) is 5.92 Å². The van der Waals surface area contributed by atoms with E-state index >= 15 is 0 Å². The molecule has 0 bridgehead atoms. The number of rotatable bonds is 3. The van der Waals surface area contributed by atoms with Crippen LogP contribution in [0.2, 0.25) is 0 Å². The molecule has 0 aromatic rings. The molecule has 2 amide bonds. The highest BCUT2D eigenvalue weighted by Gasteiger charge is 2.54. The van der Waals surface area contributed by atoms with Crippen molar-refractivity contribution in [1.82, 2.24) is 9.80 Å². The Morgan fingerprint density at radius 1 is 1.45 bits per heavy atom. The second kappa shape index (κ2) is 4.65. The number of fused-ring (bicyclic) bond motifs is 1. The monoisotopic (exact) mass is 298 g/mol. The summed E-state index contributed by atoms with van der Waals surface area (Å²) in [5.41, 5.74) is 0. The molecule has 3 heterocycles. The summed E-state index contributed by atoms with van der Waals surface area (Å²) in [6.07, 6.45) is 1.44. The van der Waals surface area contributed by atoms with Crippen LogP contribution in [0.25, 0.3) is 0 Å². The first-order valence-corrected chi connectivity index (χ1v) is 7.86. The third-order valence-corrected chi connectivity index (χ3v) is 5.97. The maximum Gasteiger partial charge on any atom is 0.303 e. The Morgan fingerprint density at radius 3 is 2.80 bits per heavy atom. The number of carboxylic acid groups (broad SMARTS) is 1. The normalized spacial score (nSPS) is 33.2. The first-order valence-electron chi connectivity index (χ1n) is 6.87. The molecular formula is C13H18N2O4S. The molecule has 3 aliphatic rings. The Kier molecular flexibility index (Phi) is 3.19. The molecule has 0 radical (unpaired) electrons. The van der Waals surface area contributed by atoms with E-state index in [2.05, 4.69) is 0 Å². The molecule has 2 unspecified atom stereocenters. The van der Waals surface area contributed by atoms with Gasteiger partial charge in [0.15, 0.2) is 0 Å². The zero-order chi connectivity index (χ0) is 14.5. The van der Waals surface area contributed by atoms with Crippen molar-refractivity contribution in [2.45, 2.75) is 37.1 Å². The summed E-state index contributed by atoms with van der Waals surface area (Å²) in [5.74, 6) is -0.0511. The lowest BCUT2D eigenvalue weighted by Crippen LogP contribution is -2.58. The van der Waals surface area contributed by atoms with Gasteiger partial charge in [-0.1, -0.05) is 0 Å². The Morgan fingerprint density at radius 2 is 2.15 bits per heavy atom. The molecule has 0 spiro atoms. The van der Waals surface area contributed by atoms with E-state index < -0.39 is 5.97 Å². The third kappa shape index (κ3) is 2.08. The fourth-order valence-electron chi connectivity index (χ4n) is 3.34. The van der Waals surface area contributed by atoms with Crippen molar-refractivity contribution >= 4 is 29.5 Å². The summed E-state index contributed by atoms with van der Waals surface area (Å²) in [6.45, 7) is 3.04. The van der Waals surface area contributed by atoms with Crippen LogP contribution >= 0.6 is 11.8 Å². The minimum atomic E-state index is -0.819. The molecule has 0 aromatic heterocycles. The number of carboxylic acids is 1. The van der Waals surface area contributed by atoms with Crippen LogP contribution < -0.4 is 0 Å². The average molecular weight is 298 g/mol. The van der Waals surface area contributed by atoms with Crippen LogP contribution in [-0.4, -0.2) is 62.4 Å². The molecule has 3 saturated heterocycles. The number of carbonyl (C=O) groups is 3. The predicted octanol–water partition coefficient (Wildman–Crippen LogP) is 0.373. The molecule has 110 valence electrons. The lowest BCUT2D eigenvalue weighted by atomic mass is 9.95. The Labute approximate surface area is 121 Å². The zero-order valence-electron chi connectivity index (χ0n) is 11.4. The smallest absolute Gasteiger partial charge is 0.303 e. The summed E-state index contributed by atoms with van der Waals surface area (Å²) < 4.78 is 0. The Balaban J connectivity index is 1.62. The van der Waals surface area contributed by atoms with Crippen molar-refractivity contribution in [3.63, 3.8) is 0 Å². The zero-order valence-corrected chi connectivity index (χ0v) is 12.2. The second-order valence-electron chi connectivity index (χ2n) is 5.97. The summed E-state index contributed by atoms with van der Waals surface area (Å²) in [7, 11) is 0. The van der Waals surface area contributed by atoms with Crippen LogP contribution in [-0.2, 0) is 14.4 Å². The molecular weight excluding hydrogens is 280 g/mol. The topological polar surface area (TPSA) is 77.9 Å². The molecule has 3 fully saturated rings. The summed E-state index contributed by atoms with van der Waals surface area (Å²) in [4.78, 5) is 38.3. The molecule has 7 heteroatoms. The maximum atomic E-state index is 12.5. The van der Waals surface area contributed by atoms with Crippen LogP contribution in [0.3, 0.4) is 0 Å². The van der Waals surface area contributed by atoms with Gasteiger partial charge in [0.2, 0.25) is 11.8 Å². The van der Waals surface area contributed by atoms with Gasteiger partial charge in [0, 0.05) is 31.2 Å². The molecule has 0 saturated carbocycles. The molecule has 6 nitrogen and oxygen atoms in total. The maximum absolute atomic E-state index is 12.5. The van der Waals surface area contributed by atoms with E-state index in [1.165, 1.54) is 0 Å². The molecule has 20 heavy (non-hydrogen) atoms. The fourth-order valence-corrected chi connectivity index (χ4v) is 4.76. The molecule has 0 aromatic carbocycles. The molecule has 3 aliphatic heterocycles. The Bertz CT molecular complexity index is 477. The van der Waals surface area contributed by atoms with Crippen LogP contribution in [0.1, 0.15) is 26.2 Å². The van der Waals surface area contributed by atoms with Crippen molar-refractivity contribution in [2.75, 3.05) is 18.8 Å². The molecule has 3 rings (SSSR count). The van der Waals surface area contributed by atoms with Gasteiger partial charge in [0.25, 0.3) is 0 Å². The third-order valence-electron chi connectivity index (χ3n) is 4.46. The van der Waals surface area contributed by atoms with Gasteiger partial charge in [0.1, 0.15) is 6.04 Å². The first-order chi connectivity index (χ1) is 9.40. The predicted molar refractivity (Wildman–Crippen MR) is 73.1 cm³/mol. The van der Waals surface area contributed by atoms with Gasteiger partial charge in [0.05, 0.1) is 11.3 Å². The summed E-state index contributed by atoms with van der Waals surface area (Å²) in [6, 6.07) is -0.356. The van der Waals surface area contributed by atoms with Crippen LogP contribution in [0.4, 0.5) is 0 Å². The summed E-state index contributed by atoms with van der Waals surface area (Å²) >= 11 is 1.68. The van der Waals surface area contributed by atoms with Crippen LogP contribution in [0.5, 0.6) is 0 Å². The lowest BCUT2D eigenvalue weighted by Gasteiger charge is -2.41. The average Bonchev–Trinajstić information content (AvgIpc) is 2.80. The van der Waals surface area contributed by atoms with Crippen molar-refractivity contribution < 1.29 is 19.5 Å². The second-order valence-corrected chi connectivity index (χ2v) is 7.47. The number of hydrogen-bond acceptors (Lipinski definition) is 4. The highest BCUT2D eigenvalue weighted by molar-refractivity contribution is 8.01. The number of likely N-dealkylation sites (tertiary alicyclic amines) is 1. The minimum absolute atomic E-state index is 0.0156. The highest BCUT2D eigenvalue weighted by atomic mass is 32.2. The number of carbonyl (C=O) groups excluding carboxylic acids is 2. The number of aliphatic carboxylic acids is 1.